The molecule has 8 N–H and O–H groups in total. The molecule has 0 aliphatic rings. The van der Waals surface area contributed by atoms with Gasteiger partial charge in [0.05, 0.1) is 29.6 Å². The van der Waals surface area contributed by atoms with Gasteiger partial charge >= 0.3 is 19.3 Å². The van der Waals surface area contributed by atoms with Crippen molar-refractivity contribution in [1.82, 2.24) is 10.2 Å². The van der Waals surface area contributed by atoms with Crippen LogP contribution in [0.2, 0.25) is 6.82 Å². The van der Waals surface area contributed by atoms with E-state index in [0.717, 1.165) is 36.4 Å². The van der Waals surface area contributed by atoms with E-state index in [1.165, 1.54) is 17.8 Å². The summed E-state index contributed by atoms with van der Waals surface area (Å²) in [6, 6.07) is 3.59. The molecule has 0 fully saturated rings. The van der Waals surface area contributed by atoms with Gasteiger partial charge in [-0.05, 0) is 41.2 Å². The number of alkyl halides is 6. The van der Waals surface area contributed by atoms with Crippen LogP contribution in [0.1, 0.15) is 28.7 Å². The summed E-state index contributed by atoms with van der Waals surface area (Å²) in [4.78, 5) is 40.2. The van der Waals surface area contributed by atoms with Gasteiger partial charge in [-0.1, -0.05) is 31.1 Å². The zero-order valence-electron chi connectivity index (χ0n) is 23.3. The summed E-state index contributed by atoms with van der Waals surface area (Å²) < 4.78 is 79.4. The number of halogens is 6. The van der Waals surface area contributed by atoms with Crippen LogP contribution in [0.3, 0.4) is 0 Å². The summed E-state index contributed by atoms with van der Waals surface area (Å²) in [5.41, 5.74) is 14.9. The van der Waals surface area contributed by atoms with Crippen molar-refractivity contribution in [2.45, 2.75) is 50.5 Å². The summed E-state index contributed by atoms with van der Waals surface area (Å²) in [6.45, 7) is 0.536. The molecule has 0 radical (unpaired) electrons. The predicted molar refractivity (Wildman–Crippen MR) is 148 cm³/mol. The number of carbonyl (C=O) groups excluding carboxylic acids is 3. The number of ketones is 1. The topological polar surface area (TPSA) is 165 Å². The van der Waals surface area contributed by atoms with E-state index in [9.17, 15) is 45.8 Å². The van der Waals surface area contributed by atoms with Crippen molar-refractivity contribution in [3.63, 3.8) is 0 Å². The molecule has 0 bridgehead atoms. The van der Waals surface area contributed by atoms with Crippen LogP contribution in [-0.2, 0) is 39.6 Å². The summed E-state index contributed by atoms with van der Waals surface area (Å²) in [7, 11) is 0. The van der Waals surface area contributed by atoms with Crippen LogP contribution in [0, 0.1) is 0 Å². The molecule has 16 heteroatoms. The van der Waals surface area contributed by atoms with E-state index in [0.29, 0.717) is 0 Å². The maximum atomic E-state index is 13.5. The molecule has 43 heavy (non-hydrogen) atoms. The summed E-state index contributed by atoms with van der Waals surface area (Å²) in [6.07, 6.45) is -10.8. The Balaban J connectivity index is 2.34. The quantitative estimate of drug-likeness (QED) is 0.155. The van der Waals surface area contributed by atoms with Gasteiger partial charge in [0.25, 0.3) is 0 Å². The fourth-order valence-electron chi connectivity index (χ4n) is 4.22. The second-order valence-electron chi connectivity index (χ2n) is 10.0. The van der Waals surface area contributed by atoms with Gasteiger partial charge in [0.15, 0.2) is 5.78 Å². The molecule has 236 valence electrons. The normalized spacial score (nSPS) is 13.3. The number of carbonyl (C=O) groups is 3. The van der Waals surface area contributed by atoms with Gasteiger partial charge in [-0.3, -0.25) is 14.4 Å². The van der Waals surface area contributed by atoms with Crippen LogP contribution in [0.25, 0.3) is 0 Å². The smallest absolute Gasteiger partial charge is 0.416 e. The van der Waals surface area contributed by atoms with E-state index in [1.807, 2.05) is 0 Å². The van der Waals surface area contributed by atoms with Crippen molar-refractivity contribution in [1.29, 1.82) is 0 Å². The summed E-state index contributed by atoms with van der Waals surface area (Å²) in [5, 5.41) is 12.3. The number of amides is 2. The fourth-order valence-corrected chi connectivity index (χ4v) is 4.22. The van der Waals surface area contributed by atoms with E-state index < -0.39 is 72.9 Å². The number of rotatable bonds is 14. The van der Waals surface area contributed by atoms with Crippen LogP contribution in [0.4, 0.5) is 26.3 Å². The maximum Gasteiger partial charge on any atom is 0.416 e. The molecule has 2 atom stereocenters. The minimum atomic E-state index is -4.78. The second-order valence-corrected chi connectivity index (χ2v) is 10.0. The highest BCUT2D eigenvalue weighted by Crippen LogP contribution is 2.30. The first kappa shape index (κ1) is 35.7. The Morgan fingerprint density at radius 2 is 1.47 bits per heavy atom. The number of benzene rings is 2. The Kier molecular flexibility index (Phi) is 12.7. The van der Waals surface area contributed by atoms with Gasteiger partial charge in [-0.2, -0.15) is 26.3 Å². The highest BCUT2D eigenvalue weighted by atomic mass is 19.4. The molecule has 0 aliphatic carbocycles. The molecule has 9 nitrogen and oxygen atoms in total. The minimum Gasteiger partial charge on any atom is -0.447 e. The highest BCUT2D eigenvalue weighted by molar-refractivity contribution is 6.64. The molecule has 0 heterocycles. The molecule has 0 aromatic heterocycles. The van der Waals surface area contributed by atoms with Gasteiger partial charge in [-0.25, -0.2) is 0 Å². The Bertz CT molecular complexity index is 1250. The first-order chi connectivity index (χ1) is 20.0. The molecular weight excluding hydrogens is 583 g/mol. The zero-order valence-corrected chi connectivity index (χ0v) is 23.3. The molecule has 2 rings (SSSR count). The van der Waals surface area contributed by atoms with Crippen molar-refractivity contribution in [3.05, 3.63) is 64.7 Å². The molecular formula is C27H34BF6N5O4. The number of nitrogens with one attached hydrogen (secondary N) is 1. The van der Waals surface area contributed by atoms with Crippen LogP contribution in [0.5, 0.6) is 0 Å². The molecule has 0 saturated carbocycles. The lowest BCUT2D eigenvalue weighted by Crippen LogP contribution is -2.51. The molecule has 2 aromatic carbocycles. The largest absolute Gasteiger partial charge is 0.447 e. The third kappa shape index (κ3) is 11.0. The van der Waals surface area contributed by atoms with Gasteiger partial charge < -0.3 is 32.4 Å². The Morgan fingerprint density at radius 3 is 1.95 bits per heavy atom. The Labute approximate surface area is 244 Å². The lowest BCUT2D eigenvalue weighted by Gasteiger charge is -2.24. The van der Waals surface area contributed by atoms with E-state index in [-0.39, 0.29) is 49.2 Å². The molecule has 0 spiro atoms. The molecule has 2 aromatic rings. The van der Waals surface area contributed by atoms with Crippen molar-refractivity contribution < 1.29 is 45.8 Å². The predicted octanol–water partition coefficient (Wildman–Crippen LogP) is 0.847. The van der Waals surface area contributed by atoms with Crippen molar-refractivity contribution in [2.75, 3.05) is 26.2 Å². The van der Waals surface area contributed by atoms with Gasteiger partial charge in [0, 0.05) is 32.6 Å². The average Bonchev–Trinajstić information content (AvgIpc) is 2.91. The Morgan fingerprint density at radius 1 is 0.907 bits per heavy atom. The fraction of sp³-hybridized carbons (Fsp3) is 0.444. The third-order valence-electron chi connectivity index (χ3n) is 6.51. The van der Waals surface area contributed by atoms with Gasteiger partial charge in [-0.15, -0.1) is 0 Å². The number of hydrogen-bond donors (Lipinski definition) is 5. The summed E-state index contributed by atoms with van der Waals surface area (Å²) in [5.74, 6) is -2.25. The van der Waals surface area contributed by atoms with E-state index in [4.69, 9.17) is 17.2 Å². The second kappa shape index (κ2) is 15.3. The lowest BCUT2D eigenvalue weighted by atomic mass is 9.63. The highest BCUT2D eigenvalue weighted by Gasteiger charge is 2.33. The SMILES string of the molecule is CB(O)c1cc(CC(=O)[C@@H](Cc2ccc(C(F)(F)F)cc2)NC(=O)[C@@H](N)CC(=O)N(CCN)CCN)cc(C(F)(F)F)c1. The number of nitrogens with zero attached hydrogens (tertiary/aromatic N) is 1. The third-order valence-corrected chi connectivity index (χ3v) is 6.51. The average molecular weight is 617 g/mol. The minimum absolute atomic E-state index is 0.0963. The van der Waals surface area contributed by atoms with E-state index >= 15 is 0 Å². The number of hydrogen-bond acceptors (Lipinski definition) is 7. The van der Waals surface area contributed by atoms with Crippen molar-refractivity contribution in [3.8, 4) is 0 Å². The Hall–Kier alpha value is -3.47. The summed E-state index contributed by atoms with van der Waals surface area (Å²) >= 11 is 0. The molecule has 0 aliphatic heterocycles. The van der Waals surface area contributed by atoms with Crippen LogP contribution in [0.15, 0.2) is 42.5 Å². The van der Waals surface area contributed by atoms with Gasteiger partial charge in [0.1, 0.15) is 0 Å². The number of nitrogens with two attached hydrogens (primary N) is 3. The van der Waals surface area contributed by atoms with Crippen LogP contribution in [-0.4, -0.2) is 72.7 Å². The molecule has 0 unspecified atom stereocenters. The molecule has 0 saturated heterocycles. The standard InChI is InChI=1S/C27H34BF6N5O4/c1-28(43)20-11-17(10-19(14-20)27(32,33)34)13-23(40)22(12-16-2-4-18(5-3-16)26(29,30)31)38-25(42)21(37)15-24(41)39(8-6-35)9-7-36/h2-5,10-11,14,21-22,43H,6-9,12-13,15,35-37H2,1H3,(H,38,42)/t21-,22+/m0/s1. The first-order valence-corrected chi connectivity index (χ1v) is 13.3. The molecule has 2 amide bonds. The van der Waals surface area contributed by atoms with Crippen LogP contribution < -0.4 is 28.0 Å². The van der Waals surface area contributed by atoms with Crippen LogP contribution >= 0.6 is 0 Å². The van der Waals surface area contributed by atoms with E-state index in [1.54, 1.807) is 0 Å². The van der Waals surface area contributed by atoms with Crippen molar-refractivity contribution >= 4 is 30.0 Å². The van der Waals surface area contributed by atoms with E-state index in [2.05, 4.69) is 5.32 Å². The zero-order chi connectivity index (χ0) is 32.5. The van der Waals surface area contributed by atoms with Gasteiger partial charge in [0.2, 0.25) is 11.8 Å². The monoisotopic (exact) mass is 617 g/mol. The maximum absolute atomic E-state index is 13.5. The first-order valence-electron chi connectivity index (χ1n) is 13.3. The lowest BCUT2D eigenvalue weighted by molar-refractivity contribution is -0.138. The number of Topliss-reactive ketones (excluding diaryl/α,β-unsaturated/α-hetero) is 1. The van der Waals surface area contributed by atoms with Crippen molar-refractivity contribution in [2.24, 2.45) is 17.2 Å².